The standard InChI is InChI=1S/C12H20O2/c1-3-6-12-13-9(2)10-7-4-5-8-11(10)14-12/h3,9-12H,1,4-8H2,2H3. The molecule has 1 aliphatic heterocycles. The summed E-state index contributed by atoms with van der Waals surface area (Å²) in [6.45, 7) is 5.91. The van der Waals surface area contributed by atoms with Crippen molar-refractivity contribution in [3.8, 4) is 0 Å². The average Bonchev–Trinajstić information content (AvgIpc) is 2.18. The predicted octanol–water partition coefficient (Wildman–Crippen LogP) is 2.88. The number of hydrogen-bond donors (Lipinski definition) is 0. The molecule has 0 aromatic rings. The molecule has 0 bridgehead atoms. The van der Waals surface area contributed by atoms with Crippen LogP contribution in [-0.2, 0) is 9.47 Å². The van der Waals surface area contributed by atoms with Crippen molar-refractivity contribution in [3.63, 3.8) is 0 Å². The third-order valence-electron chi connectivity index (χ3n) is 3.41. The van der Waals surface area contributed by atoms with Gasteiger partial charge in [0, 0.05) is 12.3 Å². The predicted molar refractivity (Wildman–Crippen MR) is 56.0 cm³/mol. The van der Waals surface area contributed by atoms with Gasteiger partial charge in [-0.25, -0.2) is 0 Å². The monoisotopic (exact) mass is 196 g/mol. The van der Waals surface area contributed by atoms with Crippen molar-refractivity contribution in [2.24, 2.45) is 5.92 Å². The van der Waals surface area contributed by atoms with Crippen molar-refractivity contribution in [1.29, 1.82) is 0 Å². The van der Waals surface area contributed by atoms with E-state index in [2.05, 4.69) is 13.5 Å². The fraction of sp³-hybridized carbons (Fsp3) is 0.833. The van der Waals surface area contributed by atoms with Crippen LogP contribution in [0.2, 0.25) is 0 Å². The molecule has 4 unspecified atom stereocenters. The zero-order valence-electron chi connectivity index (χ0n) is 8.95. The summed E-state index contributed by atoms with van der Waals surface area (Å²) >= 11 is 0. The lowest BCUT2D eigenvalue weighted by molar-refractivity contribution is -0.269. The van der Waals surface area contributed by atoms with Crippen LogP contribution in [0.4, 0.5) is 0 Å². The van der Waals surface area contributed by atoms with Crippen LogP contribution in [0.1, 0.15) is 39.0 Å². The minimum atomic E-state index is -0.0400. The Bertz CT molecular complexity index is 202. The topological polar surface area (TPSA) is 18.5 Å². The maximum atomic E-state index is 5.91. The van der Waals surface area contributed by atoms with Crippen LogP contribution in [0.5, 0.6) is 0 Å². The number of rotatable bonds is 2. The smallest absolute Gasteiger partial charge is 0.161 e. The van der Waals surface area contributed by atoms with Gasteiger partial charge >= 0.3 is 0 Å². The van der Waals surface area contributed by atoms with Gasteiger partial charge in [0.25, 0.3) is 0 Å². The van der Waals surface area contributed by atoms with Crippen molar-refractivity contribution >= 4 is 0 Å². The molecule has 1 saturated heterocycles. The van der Waals surface area contributed by atoms with Gasteiger partial charge < -0.3 is 9.47 Å². The molecule has 1 saturated carbocycles. The fourth-order valence-corrected chi connectivity index (χ4v) is 2.65. The first kappa shape index (κ1) is 10.2. The van der Waals surface area contributed by atoms with Gasteiger partial charge in [0.05, 0.1) is 12.2 Å². The van der Waals surface area contributed by atoms with E-state index in [9.17, 15) is 0 Å². The molecule has 2 aliphatic rings. The minimum Gasteiger partial charge on any atom is -0.349 e. The van der Waals surface area contributed by atoms with E-state index in [0.717, 1.165) is 6.42 Å². The van der Waals surface area contributed by atoms with Crippen LogP contribution in [0.25, 0.3) is 0 Å². The first-order valence-corrected chi connectivity index (χ1v) is 5.73. The lowest BCUT2D eigenvalue weighted by Crippen LogP contribution is -2.46. The molecule has 1 heterocycles. The largest absolute Gasteiger partial charge is 0.349 e. The van der Waals surface area contributed by atoms with Crippen LogP contribution in [0, 0.1) is 5.92 Å². The van der Waals surface area contributed by atoms with E-state index in [1.807, 2.05) is 6.08 Å². The Labute approximate surface area is 86.3 Å². The lowest BCUT2D eigenvalue weighted by atomic mass is 9.82. The Morgan fingerprint density at radius 1 is 1.29 bits per heavy atom. The molecule has 4 atom stereocenters. The molecular weight excluding hydrogens is 176 g/mol. The third kappa shape index (κ3) is 2.01. The van der Waals surface area contributed by atoms with Gasteiger partial charge in [-0.3, -0.25) is 0 Å². The molecule has 1 aliphatic carbocycles. The van der Waals surface area contributed by atoms with Crippen molar-refractivity contribution in [3.05, 3.63) is 12.7 Å². The first-order valence-electron chi connectivity index (χ1n) is 5.73. The molecule has 2 heteroatoms. The molecule has 2 rings (SSSR count). The SMILES string of the molecule is C=CCC1OC(C)C2CCCCC2O1. The van der Waals surface area contributed by atoms with Gasteiger partial charge in [0.1, 0.15) is 0 Å². The van der Waals surface area contributed by atoms with Crippen LogP contribution in [0.15, 0.2) is 12.7 Å². The lowest BCUT2D eigenvalue weighted by Gasteiger charge is -2.43. The quantitative estimate of drug-likeness (QED) is 0.632. The van der Waals surface area contributed by atoms with E-state index in [1.165, 1.54) is 25.7 Å². The van der Waals surface area contributed by atoms with Gasteiger partial charge in [-0.2, -0.15) is 0 Å². The highest BCUT2D eigenvalue weighted by atomic mass is 16.7. The maximum Gasteiger partial charge on any atom is 0.161 e. The third-order valence-corrected chi connectivity index (χ3v) is 3.41. The summed E-state index contributed by atoms with van der Waals surface area (Å²) in [6.07, 6.45) is 8.59. The van der Waals surface area contributed by atoms with Crippen LogP contribution < -0.4 is 0 Å². The van der Waals surface area contributed by atoms with E-state index in [4.69, 9.17) is 9.47 Å². The van der Waals surface area contributed by atoms with E-state index in [1.54, 1.807) is 0 Å². The molecular formula is C12H20O2. The summed E-state index contributed by atoms with van der Waals surface area (Å²) < 4.78 is 11.7. The molecule has 0 radical (unpaired) electrons. The molecule has 14 heavy (non-hydrogen) atoms. The van der Waals surface area contributed by atoms with E-state index in [-0.39, 0.29) is 6.29 Å². The second kappa shape index (κ2) is 4.45. The Hall–Kier alpha value is -0.340. The second-order valence-electron chi connectivity index (χ2n) is 4.42. The second-order valence-corrected chi connectivity index (χ2v) is 4.42. The van der Waals surface area contributed by atoms with Crippen LogP contribution in [0.3, 0.4) is 0 Å². The maximum absolute atomic E-state index is 5.91. The Kier molecular flexibility index (Phi) is 3.24. The summed E-state index contributed by atoms with van der Waals surface area (Å²) in [5.41, 5.74) is 0. The first-order chi connectivity index (χ1) is 6.81. The average molecular weight is 196 g/mol. The number of ether oxygens (including phenoxy) is 2. The fourth-order valence-electron chi connectivity index (χ4n) is 2.65. The summed E-state index contributed by atoms with van der Waals surface area (Å²) in [6, 6.07) is 0. The van der Waals surface area contributed by atoms with E-state index < -0.39 is 0 Å². The molecule has 80 valence electrons. The van der Waals surface area contributed by atoms with E-state index in [0.29, 0.717) is 18.1 Å². The summed E-state index contributed by atoms with van der Waals surface area (Å²) in [5.74, 6) is 0.629. The zero-order chi connectivity index (χ0) is 9.97. The summed E-state index contributed by atoms with van der Waals surface area (Å²) in [4.78, 5) is 0. The normalized spacial score (nSPS) is 42.9. The summed E-state index contributed by atoms with van der Waals surface area (Å²) in [7, 11) is 0. The summed E-state index contributed by atoms with van der Waals surface area (Å²) in [5, 5.41) is 0. The number of hydrogen-bond acceptors (Lipinski definition) is 2. The van der Waals surface area contributed by atoms with Crippen LogP contribution >= 0.6 is 0 Å². The Balaban J connectivity index is 1.96. The zero-order valence-corrected chi connectivity index (χ0v) is 8.95. The van der Waals surface area contributed by atoms with Crippen LogP contribution in [-0.4, -0.2) is 18.5 Å². The van der Waals surface area contributed by atoms with Gasteiger partial charge in [0.2, 0.25) is 0 Å². The Morgan fingerprint density at radius 3 is 2.86 bits per heavy atom. The van der Waals surface area contributed by atoms with Crippen molar-refractivity contribution in [2.75, 3.05) is 0 Å². The highest BCUT2D eigenvalue weighted by Crippen LogP contribution is 2.36. The Morgan fingerprint density at radius 2 is 2.07 bits per heavy atom. The molecule has 2 fully saturated rings. The molecule has 2 nitrogen and oxygen atoms in total. The highest BCUT2D eigenvalue weighted by Gasteiger charge is 2.37. The molecule has 0 N–H and O–H groups in total. The minimum absolute atomic E-state index is 0.0400. The van der Waals surface area contributed by atoms with Gasteiger partial charge in [-0.1, -0.05) is 18.9 Å². The van der Waals surface area contributed by atoms with E-state index >= 15 is 0 Å². The number of fused-ring (bicyclic) bond motifs is 1. The molecule has 0 aromatic heterocycles. The van der Waals surface area contributed by atoms with Gasteiger partial charge in [-0.05, 0) is 19.8 Å². The highest BCUT2D eigenvalue weighted by molar-refractivity contribution is 4.85. The molecule has 0 spiro atoms. The van der Waals surface area contributed by atoms with Crippen molar-refractivity contribution in [2.45, 2.75) is 57.5 Å². The van der Waals surface area contributed by atoms with Gasteiger partial charge in [-0.15, -0.1) is 6.58 Å². The molecule has 0 aromatic carbocycles. The molecule has 0 amide bonds. The van der Waals surface area contributed by atoms with Crippen molar-refractivity contribution in [1.82, 2.24) is 0 Å². The van der Waals surface area contributed by atoms with Gasteiger partial charge in [0.15, 0.2) is 6.29 Å². The van der Waals surface area contributed by atoms with Crippen molar-refractivity contribution < 1.29 is 9.47 Å².